The minimum Gasteiger partial charge on any atom is -0.465 e. The number of rotatable bonds is 10. The number of aromatic amines is 1. The van der Waals surface area contributed by atoms with Gasteiger partial charge >= 0.3 is 12.2 Å². The van der Waals surface area contributed by atoms with E-state index in [1.807, 2.05) is 39.4 Å². The number of amides is 2. The second-order valence-electron chi connectivity index (χ2n) is 19.1. The third kappa shape index (κ3) is 8.29. The summed E-state index contributed by atoms with van der Waals surface area (Å²) in [5.74, 6) is 1.48. The van der Waals surface area contributed by atoms with Gasteiger partial charge in [0.15, 0.2) is 0 Å². The molecule has 2 aliphatic rings. The lowest BCUT2D eigenvalue weighted by Gasteiger charge is -2.46. The van der Waals surface area contributed by atoms with E-state index in [1.165, 1.54) is 0 Å². The lowest BCUT2D eigenvalue weighted by Crippen LogP contribution is -2.54. The van der Waals surface area contributed by atoms with E-state index in [1.54, 1.807) is 9.80 Å². The van der Waals surface area contributed by atoms with Crippen LogP contribution in [-0.4, -0.2) is 85.0 Å². The van der Waals surface area contributed by atoms with Gasteiger partial charge in [-0.25, -0.2) is 19.6 Å². The molecule has 2 fully saturated rings. The molecule has 2 saturated heterocycles. The zero-order chi connectivity index (χ0) is 41.6. The van der Waals surface area contributed by atoms with Gasteiger partial charge in [-0.15, -0.1) is 0 Å². The largest absolute Gasteiger partial charge is 0.465 e. The zero-order valence-electron chi connectivity index (χ0n) is 35.6. The number of carboxylic acid groups (broad SMARTS) is 1. The van der Waals surface area contributed by atoms with E-state index in [2.05, 4.69) is 103 Å². The second kappa shape index (κ2) is 15.6. The number of benzene rings is 2. The summed E-state index contributed by atoms with van der Waals surface area (Å²) in [6, 6.07) is 17.8. The third-order valence-electron chi connectivity index (χ3n) is 11.6. The number of aromatic nitrogens is 5. The first-order valence-corrected chi connectivity index (χ1v) is 24.3. The summed E-state index contributed by atoms with van der Waals surface area (Å²) in [6.45, 7) is 21.0. The van der Waals surface area contributed by atoms with E-state index in [0.29, 0.717) is 31.9 Å². The van der Waals surface area contributed by atoms with E-state index in [-0.39, 0.29) is 18.9 Å². The summed E-state index contributed by atoms with van der Waals surface area (Å²) in [7, 11) is -1.33. The molecule has 0 unspecified atom stereocenters. The van der Waals surface area contributed by atoms with E-state index >= 15 is 0 Å². The van der Waals surface area contributed by atoms with Gasteiger partial charge in [-0.2, -0.15) is 0 Å². The van der Waals surface area contributed by atoms with Crippen LogP contribution in [0.15, 0.2) is 67.1 Å². The van der Waals surface area contributed by atoms with Crippen LogP contribution in [0.5, 0.6) is 0 Å². The molecule has 5 heterocycles. The van der Waals surface area contributed by atoms with Crippen molar-refractivity contribution in [3.63, 3.8) is 0 Å². The summed E-state index contributed by atoms with van der Waals surface area (Å²) in [5.41, 5.74) is 3.82. The Bertz CT molecular complexity index is 2280. The smallest absolute Gasteiger partial charge is 0.410 e. The van der Waals surface area contributed by atoms with Crippen molar-refractivity contribution in [3.05, 3.63) is 78.8 Å². The molecule has 0 aliphatic carbocycles. The summed E-state index contributed by atoms with van der Waals surface area (Å²) in [4.78, 5) is 47.0. The number of fused-ring (bicyclic) bond motifs is 1. The van der Waals surface area contributed by atoms with Crippen molar-refractivity contribution in [2.75, 3.05) is 19.7 Å². The van der Waals surface area contributed by atoms with Crippen molar-refractivity contribution >= 4 is 31.0 Å². The predicted octanol–water partition coefficient (Wildman–Crippen LogP) is 10.6. The first kappa shape index (κ1) is 41.2. The summed E-state index contributed by atoms with van der Waals surface area (Å²) in [6.07, 6.45) is 7.53. The van der Waals surface area contributed by atoms with Gasteiger partial charge < -0.3 is 24.1 Å². The SMILES string of the molecule is CC(C)(C)OC(=O)N1CCC[C@H]1c1ncc(-c2ccc(-c3ccc4cc(-c5cnc([C@@]6(C(C)(C)C)CCCN6C(=O)O)n5COCC[Si](C)(C)C)ncc4c3)cc2)[nH]1. The van der Waals surface area contributed by atoms with Gasteiger partial charge in [-0.3, -0.25) is 14.8 Å². The average molecular weight is 806 g/mol. The fourth-order valence-electron chi connectivity index (χ4n) is 8.55. The Labute approximate surface area is 343 Å². The molecule has 0 bridgehead atoms. The molecule has 58 heavy (non-hydrogen) atoms. The molecule has 0 saturated carbocycles. The van der Waals surface area contributed by atoms with Crippen molar-refractivity contribution in [3.8, 4) is 33.8 Å². The van der Waals surface area contributed by atoms with E-state index in [9.17, 15) is 14.7 Å². The lowest BCUT2D eigenvalue weighted by molar-refractivity contribution is 0.00956. The number of imidazole rings is 2. The van der Waals surface area contributed by atoms with Gasteiger partial charge in [-0.05, 0) is 92.1 Å². The maximum atomic E-state index is 12.9. The fraction of sp³-hybridized carbons (Fsp3) is 0.489. The number of nitrogens with zero attached hydrogens (tertiary/aromatic N) is 6. The van der Waals surface area contributed by atoms with E-state index < -0.39 is 30.7 Å². The van der Waals surface area contributed by atoms with Crippen molar-refractivity contribution in [1.29, 1.82) is 0 Å². The Kier molecular flexibility index (Phi) is 11.1. The van der Waals surface area contributed by atoms with Crippen molar-refractivity contribution in [2.45, 2.75) is 117 Å². The molecule has 2 aliphatic heterocycles. The molecule has 308 valence electrons. The van der Waals surface area contributed by atoms with E-state index in [4.69, 9.17) is 19.4 Å². The quantitative estimate of drug-likeness (QED) is 0.105. The topological polar surface area (TPSA) is 139 Å². The molecule has 2 aromatic carbocycles. The van der Waals surface area contributed by atoms with Gasteiger partial charge in [0.1, 0.15) is 29.5 Å². The molecular formula is C45H59N7O5Si. The maximum absolute atomic E-state index is 12.9. The summed E-state index contributed by atoms with van der Waals surface area (Å²) < 4.78 is 14.1. The average Bonchev–Trinajstić information content (AvgIpc) is 3.97. The highest BCUT2D eigenvalue weighted by atomic mass is 28.3. The first-order valence-electron chi connectivity index (χ1n) is 20.5. The Balaban J connectivity index is 1.14. The van der Waals surface area contributed by atoms with Gasteiger partial charge in [0, 0.05) is 39.4 Å². The van der Waals surface area contributed by atoms with Crippen LogP contribution in [0, 0.1) is 5.41 Å². The number of H-pyrrole nitrogens is 1. The summed E-state index contributed by atoms with van der Waals surface area (Å²) >= 11 is 0. The van der Waals surface area contributed by atoms with Crippen molar-refractivity contribution in [2.24, 2.45) is 5.41 Å². The third-order valence-corrected chi connectivity index (χ3v) is 13.3. The molecular weight excluding hydrogens is 747 g/mol. The summed E-state index contributed by atoms with van der Waals surface area (Å²) in [5, 5.41) is 12.4. The van der Waals surface area contributed by atoms with Crippen LogP contribution in [0.4, 0.5) is 9.59 Å². The molecule has 0 spiro atoms. The molecule has 7 rings (SSSR count). The molecule has 5 aromatic rings. The van der Waals surface area contributed by atoms with Crippen molar-refractivity contribution in [1.82, 2.24) is 34.3 Å². The Morgan fingerprint density at radius 1 is 0.879 bits per heavy atom. The second-order valence-corrected chi connectivity index (χ2v) is 24.7. The predicted molar refractivity (Wildman–Crippen MR) is 230 cm³/mol. The van der Waals surface area contributed by atoms with E-state index in [0.717, 1.165) is 75.7 Å². The van der Waals surface area contributed by atoms with Gasteiger partial charge in [0.2, 0.25) is 0 Å². The van der Waals surface area contributed by atoms with Crippen LogP contribution in [0.2, 0.25) is 25.7 Å². The number of carbonyl (C=O) groups excluding carboxylic acids is 1. The maximum Gasteiger partial charge on any atom is 0.410 e. The zero-order valence-corrected chi connectivity index (χ0v) is 36.6. The molecule has 2 amide bonds. The highest BCUT2D eigenvalue weighted by Gasteiger charge is 2.56. The monoisotopic (exact) mass is 805 g/mol. The number of hydrogen-bond donors (Lipinski definition) is 2. The number of pyridine rings is 1. The van der Waals surface area contributed by atoms with Crippen LogP contribution in [-0.2, 0) is 21.7 Å². The number of carbonyl (C=O) groups is 2. The fourth-order valence-corrected chi connectivity index (χ4v) is 9.30. The standard InChI is InChI=1S/C45H59N7O5Si/c1-43(2,3)45(19-11-21-52(45)41(53)54)40-48-28-38(51(40)29-56-22-23-58(7,8)9)35-25-33-18-17-32(24-34(33)26-46-35)30-13-15-31(16-14-30)36-27-47-39(49-36)37-12-10-20-50(37)42(55)57-44(4,5)6/h13-18,24-28,37H,10-12,19-23,29H2,1-9H3,(H,47,49)(H,53,54)/t37-,45+/m0/s1. The first-order chi connectivity index (χ1) is 27.3. The highest BCUT2D eigenvalue weighted by Crippen LogP contribution is 2.51. The minimum atomic E-state index is -1.33. The normalized spacial score (nSPS) is 19.0. The Morgan fingerprint density at radius 2 is 1.60 bits per heavy atom. The molecule has 0 radical (unpaired) electrons. The molecule has 2 atom stereocenters. The van der Waals surface area contributed by atoms with Gasteiger partial charge in [-0.1, -0.05) is 76.8 Å². The van der Waals surface area contributed by atoms with Gasteiger partial charge in [0.25, 0.3) is 0 Å². The van der Waals surface area contributed by atoms with Crippen LogP contribution in [0.3, 0.4) is 0 Å². The number of likely N-dealkylation sites (tertiary alicyclic amines) is 2. The van der Waals surface area contributed by atoms with Crippen LogP contribution >= 0.6 is 0 Å². The Morgan fingerprint density at radius 3 is 2.29 bits per heavy atom. The number of ether oxygens (including phenoxy) is 2. The van der Waals surface area contributed by atoms with Crippen LogP contribution < -0.4 is 0 Å². The number of nitrogens with one attached hydrogen (secondary N) is 1. The highest BCUT2D eigenvalue weighted by molar-refractivity contribution is 6.76. The minimum absolute atomic E-state index is 0.139. The number of hydrogen-bond acceptors (Lipinski definition) is 7. The lowest BCUT2D eigenvalue weighted by atomic mass is 9.71. The van der Waals surface area contributed by atoms with Crippen LogP contribution in [0.25, 0.3) is 44.5 Å². The Hall–Kier alpha value is -5.01. The van der Waals surface area contributed by atoms with Gasteiger partial charge in [0.05, 0.1) is 35.5 Å². The van der Waals surface area contributed by atoms with Crippen molar-refractivity contribution < 1.29 is 24.2 Å². The molecule has 12 nitrogen and oxygen atoms in total. The van der Waals surface area contributed by atoms with Crippen LogP contribution in [0.1, 0.15) is 84.9 Å². The molecule has 2 N–H and O–H groups in total. The molecule has 3 aromatic heterocycles. The molecule has 13 heteroatoms.